The second-order valence-corrected chi connectivity index (χ2v) is 6.73. The van der Waals surface area contributed by atoms with Gasteiger partial charge in [-0.25, -0.2) is 0 Å². The molecule has 1 aromatic heterocycles. The van der Waals surface area contributed by atoms with Gasteiger partial charge in [-0.15, -0.1) is 0 Å². The Morgan fingerprint density at radius 1 is 1.10 bits per heavy atom. The predicted octanol–water partition coefficient (Wildman–Crippen LogP) is 3.14. The van der Waals surface area contributed by atoms with Gasteiger partial charge >= 0.3 is 0 Å². The first kappa shape index (κ1) is 18.7. The summed E-state index contributed by atoms with van der Waals surface area (Å²) in [6.45, 7) is 0.124. The zero-order valence-corrected chi connectivity index (χ0v) is 15.8. The molecule has 1 aliphatic carbocycles. The minimum atomic E-state index is -0.346. The first-order valence-electron chi connectivity index (χ1n) is 9.29. The summed E-state index contributed by atoms with van der Waals surface area (Å²) in [7, 11) is 1.56. The topological polar surface area (TPSA) is 106 Å². The van der Waals surface area contributed by atoms with Crippen LogP contribution in [-0.2, 0) is 6.54 Å². The Labute approximate surface area is 167 Å². The van der Waals surface area contributed by atoms with Gasteiger partial charge in [0.1, 0.15) is 5.75 Å². The van der Waals surface area contributed by atoms with Crippen LogP contribution >= 0.6 is 0 Å². The molecule has 4 rings (SSSR count). The molecule has 148 valence electrons. The lowest BCUT2D eigenvalue weighted by Crippen LogP contribution is -2.25. The van der Waals surface area contributed by atoms with Gasteiger partial charge < -0.3 is 19.9 Å². The van der Waals surface area contributed by atoms with Crippen LogP contribution in [0.5, 0.6) is 5.75 Å². The van der Waals surface area contributed by atoms with E-state index in [4.69, 9.17) is 9.26 Å². The number of methoxy groups -OCH3 is 1. The summed E-state index contributed by atoms with van der Waals surface area (Å²) < 4.78 is 10.3. The number of nitrogens with zero attached hydrogens (tertiary/aromatic N) is 2. The lowest BCUT2D eigenvalue weighted by molar-refractivity contribution is 0.0947. The number of amides is 2. The van der Waals surface area contributed by atoms with Gasteiger partial charge in [0, 0.05) is 11.5 Å². The van der Waals surface area contributed by atoms with Crippen LogP contribution in [0.25, 0.3) is 0 Å². The molecule has 0 bridgehead atoms. The third kappa shape index (κ3) is 4.43. The van der Waals surface area contributed by atoms with Crippen molar-refractivity contribution in [3.05, 3.63) is 71.4 Å². The Balaban J connectivity index is 1.42. The molecule has 3 aromatic rings. The Morgan fingerprint density at radius 2 is 1.86 bits per heavy atom. The maximum absolute atomic E-state index is 12.6. The van der Waals surface area contributed by atoms with Gasteiger partial charge in [-0.05, 0) is 49.2 Å². The van der Waals surface area contributed by atoms with Crippen LogP contribution in [0, 0.1) is 0 Å². The summed E-state index contributed by atoms with van der Waals surface area (Å²) in [6.07, 6.45) is 2.15. The minimum Gasteiger partial charge on any atom is -0.497 e. The zero-order valence-electron chi connectivity index (χ0n) is 15.8. The predicted molar refractivity (Wildman–Crippen MR) is 105 cm³/mol. The average Bonchev–Trinajstić information content (AvgIpc) is 3.50. The molecule has 0 aliphatic heterocycles. The molecule has 8 heteroatoms. The number of hydrogen-bond donors (Lipinski definition) is 2. The summed E-state index contributed by atoms with van der Waals surface area (Å²) in [5.74, 6) is 1.44. The van der Waals surface area contributed by atoms with Gasteiger partial charge in [-0.1, -0.05) is 17.3 Å². The van der Waals surface area contributed by atoms with Gasteiger partial charge in [0.25, 0.3) is 11.8 Å². The van der Waals surface area contributed by atoms with Gasteiger partial charge in [0.05, 0.1) is 24.9 Å². The number of rotatable bonds is 7. The van der Waals surface area contributed by atoms with Crippen LogP contribution in [0.15, 0.2) is 53.1 Å². The Bertz CT molecular complexity index is 1030. The van der Waals surface area contributed by atoms with Crippen LogP contribution in [0.4, 0.5) is 5.69 Å². The summed E-state index contributed by atoms with van der Waals surface area (Å²) in [5.41, 5.74) is 1.21. The molecular weight excluding hydrogens is 372 g/mol. The third-order valence-electron chi connectivity index (χ3n) is 4.60. The highest BCUT2D eigenvalue weighted by molar-refractivity contribution is 6.09. The number of para-hydroxylation sites is 1. The fourth-order valence-electron chi connectivity index (χ4n) is 2.83. The van der Waals surface area contributed by atoms with E-state index in [0.717, 1.165) is 12.8 Å². The SMILES string of the molecule is COc1ccc(C(=O)Nc2ccccc2C(=O)NCc2nc(C3CC3)no2)cc1. The molecule has 1 heterocycles. The van der Waals surface area contributed by atoms with Crippen molar-refractivity contribution in [1.29, 1.82) is 0 Å². The number of benzene rings is 2. The Morgan fingerprint density at radius 3 is 2.59 bits per heavy atom. The summed E-state index contributed by atoms with van der Waals surface area (Å²) in [5, 5.41) is 9.46. The Hall–Kier alpha value is -3.68. The molecule has 1 saturated carbocycles. The fourth-order valence-corrected chi connectivity index (χ4v) is 2.83. The molecular formula is C21H20N4O4. The van der Waals surface area contributed by atoms with Crippen molar-refractivity contribution in [2.45, 2.75) is 25.3 Å². The van der Waals surface area contributed by atoms with E-state index in [0.29, 0.717) is 40.2 Å². The number of carbonyl (C=O) groups is 2. The summed E-state index contributed by atoms with van der Waals surface area (Å²) >= 11 is 0. The number of carbonyl (C=O) groups excluding carboxylic acids is 2. The van der Waals surface area contributed by atoms with Crippen molar-refractivity contribution in [1.82, 2.24) is 15.5 Å². The van der Waals surface area contributed by atoms with Crippen LogP contribution in [0.1, 0.15) is 51.2 Å². The number of aromatic nitrogens is 2. The second-order valence-electron chi connectivity index (χ2n) is 6.73. The molecule has 0 unspecified atom stereocenters. The third-order valence-corrected chi connectivity index (χ3v) is 4.60. The van der Waals surface area contributed by atoms with Crippen LogP contribution in [0.2, 0.25) is 0 Å². The molecule has 8 nitrogen and oxygen atoms in total. The van der Waals surface area contributed by atoms with Gasteiger partial charge in [-0.2, -0.15) is 4.98 Å². The van der Waals surface area contributed by atoms with Crippen LogP contribution in [0.3, 0.4) is 0 Å². The summed E-state index contributed by atoms with van der Waals surface area (Å²) in [6, 6.07) is 13.5. The zero-order chi connectivity index (χ0) is 20.2. The number of nitrogens with one attached hydrogen (secondary N) is 2. The van der Waals surface area contributed by atoms with Crippen molar-refractivity contribution in [2.75, 3.05) is 12.4 Å². The largest absolute Gasteiger partial charge is 0.497 e. The first-order chi connectivity index (χ1) is 14.1. The van der Waals surface area contributed by atoms with Crippen molar-refractivity contribution in [3.63, 3.8) is 0 Å². The van der Waals surface area contributed by atoms with E-state index in [1.54, 1.807) is 55.6 Å². The van der Waals surface area contributed by atoms with E-state index in [2.05, 4.69) is 20.8 Å². The highest BCUT2D eigenvalue weighted by Gasteiger charge is 2.28. The molecule has 0 radical (unpaired) electrons. The van der Waals surface area contributed by atoms with Crippen LogP contribution < -0.4 is 15.4 Å². The monoisotopic (exact) mass is 392 g/mol. The molecule has 1 fully saturated rings. The minimum absolute atomic E-state index is 0.124. The smallest absolute Gasteiger partial charge is 0.255 e. The van der Waals surface area contributed by atoms with E-state index >= 15 is 0 Å². The lowest BCUT2D eigenvalue weighted by atomic mass is 10.1. The van der Waals surface area contributed by atoms with E-state index in [9.17, 15) is 9.59 Å². The normalized spacial score (nSPS) is 13.0. The van der Waals surface area contributed by atoms with Gasteiger partial charge in [0.2, 0.25) is 5.89 Å². The van der Waals surface area contributed by atoms with Crippen molar-refractivity contribution < 1.29 is 18.8 Å². The van der Waals surface area contributed by atoms with Gasteiger partial charge in [-0.3, -0.25) is 9.59 Å². The second kappa shape index (κ2) is 8.14. The highest BCUT2D eigenvalue weighted by Crippen LogP contribution is 2.38. The molecule has 2 amide bonds. The molecule has 0 saturated heterocycles. The maximum Gasteiger partial charge on any atom is 0.255 e. The molecule has 1 aliphatic rings. The molecule has 29 heavy (non-hydrogen) atoms. The summed E-state index contributed by atoms with van der Waals surface area (Å²) in [4.78, 5) is 29.4. The van der Waals surface area contributed by atoms with Crippen molar-refractivity contribution in [3.8, 4) is 5.75 Å². The van der Waals surface area contributed by atoms with Gasteiger partial charge in [0.15, 0.2) is 5.82 Å². The van der Waals surface area contributed by atoms with Crippen LogP contribution in [-0.4, -0.2) is 29.1 Å². The number of anilines is 1. The molecule has 0 spiro atoms. The molecule has 0 atom stereocenters. The van der Waals surface area contributed by atoms with E-state index < -0.39 is 0 Å². The van der Waals surface area contributed by atoms with E-state index in [-0.39, 0.29) is 18.4 Å². The lowest BCUT2D eigenvalue weighted by Gasteiger charge is -2.11. The molecule has 2 aromatic carbocycles. The average molecular weight is 392 g/mol. The quantitative estimate of drug-likeness (QED) is 0.640. The van der Waals surface area contributed by atoms with E-state index in [1.165, 1.54) is 0 Å². The van der Waals surface area contributed by atoms with E-state index in [1.807, 2.05) is 0 Å². The fraction of sp³-hybridized carbons (Fsp3) is 0.238. The van der Waals surface area contributed by atoms with Crippen molar-refractivity contribution in [2.24, 2.45) is 0 Å². The number of ether oxygens (including phenoxy) is 1. The standard InChI is InChI=1S/C21H20N4O4/c1-28-15-10-8-14(9-11-15)20(26)23-17-5-3-2-4-16(17)21(27)22-12-18-24-19(25-29-18)13-6-7-13/h2-5,8-11,13H,6-7,12H2,1H3,(H,22,27)(H,23,26). The van der Waals surface area contributed by atoms with Crippen molar-refractivity contribution >= 4 is 17.5 Å². The highest BCUT2D eigenvalue weighted by atomic mass is 16.5. The molecule has 2 N–H and O–H groups in total. The Kier molecular flexibility index (Phi) is 5.24. The number of hydrogen-bond acceptors (Lipinski definition) is 6. The maximum atomic E-state index is 12.6. The first-order valence-corrected chi connectivity index (χ1v) is 9.29.